The first-order valence-corrected chi connectivity index (χ1v) is 4.69. The molecule has 0 saturated heterocycles. The number of hydrogen-bond acceptors (Lipinski definition) is 1. The Labute approximate surface area is 86.1 Å². The normalized spacial score (nSPS) is 12.1. The van der Waals surface area contributed by atoms with Gasteiger partial charge in [0.25, 0.3) is 0 Å². The maximum atomic E-state index is 10.8. The van der Waals surface area contributed by atoms with Gasteiger partial charge >= 0.3 is 0 Å². The SMILES string of the molecule is [B]c1ccc(CC(C)NC(C)=O)cc1. The van der Waals surface area contributed by atoms with Gasteiger partial charge < -0.3 is 5.32 Å². The van der Waals surface area contributed by atoms with E-state index in [2.05, 4.69) is 5.32 Å². The summed E-state index contributed by atoms with van der Waals surface area (Å²) in [6.45, 7) is 3.51. The number of rotatable bonds is 3. The summed E-state index contributed by atoms with van der Waals surface area (Å²) in [6.07, 6.45) is 0.833. The molecular formula is C11H14BNO. The summed E-state index contributed by atoms with van der Waals surface area (Å²) < 4.78 is 0. The number of hydrogen-bond donors (Lipinski definition) is 1. The van der Waals surface area contributed by atoms with Gasteiger partial charge in [0, 0.05) is 13.0 Å². The Bertz CT molecular complexity index is 308. The topological polar surface area (TPSA) is 29.1 Å². The maximum Gasteiger partial charge on any atom is 0.217 e. The molecule has 0 aromatic heterocycles. The van der Waals surface area contributed by atoms with E-state index in [-0.39, 0.29) is 11.9 Å². The fourth-order valence-electron chi connectivity index (χ4n) is 1.41. The van der Waals surface area contributed by atoms with Crippen LogP contribution < -0.4 is 10.8 Å². The van der Waals surface area contributed by atoms with Crippen LogP contribution in [-0.2, 0) is 11.2 Å². The molecule has 1 unspecified atom stereocenters. The predicted molar refractivity (Wildman–Crippen MR) is 58.8 cm³/mol. The molecule has 2 radical (unpaired) electrons. The van der Waals surface area contributed by atoms with Crippen LogP contribution in [0.5, 0.6) is 0 Å². The minimum atomic E-state index is 0.00736. The lowest BCUT2D eigenvalue weighted by Crippen LogP contribution is -2.32. The zero-order valence-corrected chi connectivity index (χ0v) is 8.58. The van der Waals surface area contributed by atoms with Gasteiger partial charge in [0.15, 0.2) is 0 Å². The molecule has 1 N–H and O–H groups in total. The van der Waals surface area contributed by atoms with Crippen molar-refractivity contribution >= 4 is 19.2 Å². The van der Waals surface area contributed by atoms with Gasteiger partial charge in [0.2, 0.25) is 5.91 Å². The highest BCUT2D eigenvalue weighted by molar-refractivity contribution is 6.32. The Morgan fingerprint density at radius 3 is 2.50 bits per heavy atom. The van der Waals surface area contributed by atoms with E-state index in [9.17, 15) is 4.79 Å². The summed E-state index contributed by atoms with van der Waals surface area (Å²) >= 11 is 0. The quantitative estimate of drug-likeness (QED) is 0.687. The highest BCUT2D eigenvalue weighted by atomic mass is 16.1. The lowest BCUT2D eigenvalue weighted by Gasteiger charge is -2.12. The van der Waals surface area contributed by atoms with Gasteiger partial charge in [-0.05, 0) is 18.9 Å². The van der Waals surface area contributed by atoms with Crippen LogP contribution in [0.2, 0.25) is 0 Å². The molecule has 1 aromatic rings. The zero-order valence-electron chi connectivity index (χ0n) is 8.58. The van der Waals surface area contributed by atoms with Crippen LogP contribution in [0, 0.1) is 0 Å². The van der Waals surface area contributed by atoms with Crippen LogP contribution in [-0.4, -0.2) is 19.8 Å². The smallest absolute Gasteiger partial charge is 0.217 e. The highest BCUT2D eigenvalue weighted by Gasteiger charge is 2.03. The summed E-state index contributed by atoms with van der Waals surface area (Å²) in [5.74, 6) is 0.00736. The Kier molecular flexibility index (Phi) is 3.75. The van der Waals surface area contributed by atoms with Gasteiger partial charge in [-0.2, -0.15) is 0 Å². The first kappa shape index (κ1) is 10.8. The molecular weight excluding hydrogens is 173 g/mol. The van der Waals surface area contributed by atoms with Crippen molar-refractivity contribution in [2.24, 2.45) is 0 Å². The van der Waals surface area contributed by atoms with E-state index in [0.717, 1.165) is 11.9 Å². The van der Waals surface area contributed by atoms with Crippen LogP contribution in [0.3, 0.4) is 0 Å². The summed E-state index contributed by atoms with van der Waals surface area (Å²) in [5.41, 5.74) is 1.95. The molecule has 0 aliphatic heterocycles. The average Bonchev–Trinajstić information content (AvgIpc) is 2.07. The van der Waals surface area contributed by atoms with Gasteiger partial charge in [0.05, 0.1) is 0 Å². The molecule has 1 rings (SSSR count). The van der Waals surface area contributed by atoms with Crippen molar-refractivity contribution in [2.75, 3.05) is 0 Å². The molecule has 1 aromatic carbocycles. The van der Waals surface area contributed by atoms with Crippen LogP contribution in [0.4, 0.5) is 0 Å². The minimum absolute atomic E-state index is 0.00736. The second-order valence-corrected chi connectivity index (χ2v) is 3.55. The summed E-state index contributed by atoms with van der Waals surface area (Å²) in [6, 6.07) is 7.86. The standard InChI is InChI=1S/C11H14BNO/c1-8(13-9(2)14)7-10-3-5-11(12)6-4-10/h3-6,8H,7H2,1-2H3,(H,13,14). The molecule has 0 aliphatic carbocycles. The highest BCUT2D eigenvalue weighted by Crippen LogP contribution is 2.01. The second-order valence-electron chi connectivity index (χ2n) is 3.55. The van der Waals surface area contributed by atoms with E-state index >= 15 is 0 Å². The van der Waals surface area contributed by atoms with Gasteiger partial charge in [-0.15, -0.1) is 0 Å². The van der Waals surface area contributed by atoms with Crippen molar-refractivity contribution in [3.63, 3.8) is 0 Å². The molecule has 0 spiro atoms. The van der Waals surface area contributed by atoms with E-state index in [4.69, 9.17) is 7.85 Å². The fraction of sp³-hybridized carbons (Fsp3) is 0.364. The van der Waals surface area contributed by atoms with Crippen LogP contribution >= 0.6 is 0 Å². The van der Waals surface area contributed by atoms with Crippen molar-refractivity contribution in [3.05, 3.63) is 29.8 Å². The summed E-state index contributed by atoms with van der Waals surface area (Å²) in [5, 5.41) is 2.84. The second kappa shape index (κ2) is 4.84. The van der Waals surface area contributed by atoms with Gasteiger partial charge in [0.1, 0.15) is 7.85 Å². The maximum absolute atomic E-state index is 10.8. The van der Waals surface area contributed by atoms with Crippen molar-refractivity contribution in [1.82, 2.24) is 5.32 Å². The van der Waals surface area contributed by atoms with Crippen molar-refractivity contribution in [2.45, 2.75) is 26.3 Å². The first-order valence-electron chi connectivity index (χ1n) is 4.69. The Hall–Kier alpha value is -1.25. The zero-order chi connectivity index (χ0) is 10.6. The molecule has 1 amide bonds. The van der Waals surface area contributed by atoms with Gasteiger partial charge in [-0.25, -0.2) is 0 Å². The third-order valence-electron chi connectivity index (χ3n) is 1.97. The van der Waals surface area contributed by atoms with E-state index in [1.165, 1.54) is 12.5 Å². The van der Waals surface area contributed by atoms with E-state index in [1.807, 2.05) is 31.2 Å². The number of amides is 1. The van der Waals surface area contributed by atoms with Crippen LogP contribution in [0.25, 0.3) is 0 Å². The molecule has 0 aliphatic rings. The van der Waals surface area contributed by atoms with Gasteiger partial charge in [-0.3, -0.25) is 4.79 Å². The van der Waals surface area contributed by atoms with Crippen LogP contribution in [0.1, 0.15) is 19.4 Å². The number of carbonyl (C=O) groups excluding carboxylic acids is 1. The van der Waals surface area contributed by atoms with E-state index in [1.54, 1.807) is 0 Å². The average molecular weight is 187 g/mol. The number of benzene rings is 1. The Balaban J connectivity index is 2.51. The third-order valence-corrected chi connectivity index (χ3v) is 1.97. The fourth-order valence-corrected chi connectivity index (χ4v) is 1.41. The molecule has 3 heteroatoms. The molecule has 0 bridgehead atoms. The van der Waals surface area contributed by atoms with E-state index in [0.29, 0.717) is 0 Å². The lowest BCUT2D eigenvalue weighted by atomic mass is 9.94. The largest absolute Gasteiger partial charge is 0.354 e. The Morgan fingerprint density at radius 2 is 2.00 bits per heavy atom. The molecule has 2 nitrogen and oxygen atoms in total. The predicted octanol–water partition coefficient (Wildman–Crippen LogP) is 0.547. The van der Waals surface area contributed by atoms with Crippen molar-refractivity contribution < 1.29 is 4.79 Å². The molecule has 72 valence electrons. The number of nitrogens with one attached hydrogen (secondary N) is 1. The van der Waals surface area contributed by atoms with Crippen LogP contribution in [0.15, 0.2) is 24.3 Å². The molecule has 0 heterocycles. The van der Waals surface area contributed by atoms with Crippen molar-refractivity contribution in [3.8, 4) is 0 Å². The third kappa shape index (κ3) is 3.65. The van der Waals surface area contributed by atoms with E-state index < -0.39 is 0 Å². The summed E-state index contributed by atoms with van der Waals surface area (Å²) in [4.78, 5) is 10.8. The minimum Gasteiger partial charge on any atom is -0.354 e. The molecule has 1 atom stereocenters. The molecule has 0 saturated carbocycles. The number of carbonyl (C=O) groups is 1. The molecule has 14 heavy (non-hydrogen) atoms. The Morgan fingerprint density at radius 1 is 1.43 bits per heavy atom. The van der Waals surface area contributed by atoms with Crippen molar-refractivity contribution in [1.29, 1.82) is 0 Å². The monoisotopic (exact) mass is 187 g/mol. The molecule has 0 fully saturated rings. The van der Waals surface area contributed by atoms with Gasteiger partial charge in [-0.1, -0.05) is 29.7 Å². The summed E-state index contributed by atoms with van der Waals surface area (Å²) in [7, 11) is 5.57. The lowest BCUT2D eigenvalue weighted by molar-refractivity contribution is -0.119. The first-order chi connectivity index (χ1) is 6.58.